The zero-order chi connectivity index (χ0) is 19.3. The van der Waals surface area contributed by atoms with Gasteiger partial charge in [0.15, 0.2) is 0 Å². The van der Waals surface area contributed by atoms with Crippen molar-refractivity contribution in [2.45, 2.75) is 19.9 Å². The summed E-state index contributed by atoms with van der Waals surface area (Å²) in [6.07, 6.45) is 8.10. The van der Waals surface area contributed by atoms with Crippen molar-refractivity contribution in [1.82, 2.24) is 14.8 Å². The number of aromatic nitrogens is 1. The zero-order valence-electron chi connectivity index (χ0n) is 16.2. The standard InChI is InChI=1S/C23H25N3O2/c1-2-21-20(19-7-3-4-8-22(19)28-21)9-10-23(27)26-14-12-25(13-15-26)17-18-6-5-11-24-16-18/h3-11,16H,2,12-15,17H2,1H3/b10-9+. The molecule has 3 aromatic rings. The summed E-state index contributed by atoms with van der Waals surface area (Å²) in [6.45, 7) is 6.20. The van der Waals surface area contributed by atoms with Gasteiger partial charge < -0.3 is 9.32 Å². The van der Waals surface area contributed by atoms with E-state index in [2.05, 4.69) is 22.9 Å². The van der Waals surface area contributed by atoms with Crippen molar-refractivity contribution < 1.29 is 9.21 Å². The third-order valence-corrected chi connectivity index (χ3v) is 5.24. The highest BCUT2D eigenvalue weighted by molar-refractivity contribution is 5.96. The Morgan fingerprint density at radius 3 is 2.71 bits per heavy atom. The molecule has 1 aliphatic rings. The van der Waals surface area contributed by atoms with Crippen molar-refractivity contribution >= 4 is 23.0 Å². The molecule has 0 saturated carbocycles. The van der Waals surface area contributed by atoms with E-state index in [0.717, 1.165) is 61.4 Å². The number of para-hydroxylation sites is 1. The fraction of sp³-hybridized carbons (Fsp3) is 0.304. The molecule has 0 aliphatic carbocycles. The molecule has 1 amide bonds. The summed E-state index contributed by atoms with van der Waals surface area (Å²) in [5, 5.41) is 1.06. The maximum absolute atomic E-state index is 12.7. The second-order valence-corrected chi connectivity index (χ2v) is 7.08. The molecule has 1 saturated heterocycles. The molecule has 0 bridgehead atoms. The van der Waals surface area contributed by atoms with Crippen LogP contribution in [0, 0.1) is 0 Å². The fourth-order valence-corrected chi connectivity index (χ4v) is 3.70. The van der Waals surface area contributed by atoms with Gasteiger partial charge in [-0.05, 0) is 23.8 Å². The first kappa shape index (κ1) is 18.4. The van der Waals surface area contributed by atoms with Crippen molar-refractivity contribution in [3.8, 4) is 0 Å². The Bertz CT molecular complexity index is 970. The van der Waals surface area contributed by atoms with Crippen LogP contribution in [0.4, 0.5) is 0 Å². The summed E-state index contributed by atoms with van der Waals surface area (Å²) in [5.74, 6) is 0.986. The summed E-state index contributed by atoms with van der Waals surface area (Å²) in [6, 6.07) is 12.0. The van der Waals surface area contributed by atoms with Crippen LogP contribution in [0.15, 0.2) is 59.3 Å². The molecular formula is C23H25N3O2. The number of benzene rings is 1. The van der Waals surface area contributed by atoms with Gasteiger partial charge in [0, 0.05) is 68.6 Å². The smallest absolute Gasteiger partial charge is 0.246 e. The molecule has 0 atom stereocenters. The Balaban J connectivity index is 1.38. The van der Waals surface area contributed by atoms with Gasteiger partial charge >= 0.3 is 0 Å². The number of fused-ring (bicyclic) bond motifs is 1. The zero-order valence-corrected chi connectivity index (χ0v) is 16.2. The number of carbonyl (C=O) groups is 1. The summed E-state index contributed by atoms with van der Waals surface area (Å²) in [7, 11) is 0. The van der Waals surface area contributed by atoms with Crippen molar-refractivity contribution in [3.63, 3.8) is 0 Å². The molecule has 0 N–H and O–H groups in total. The molecule has 4 rings (SSSR count). The number of aryl methyl sites for hydroxylation is 1. The van der Waals surface area contributed by atoms with Crippen molar-refractivity contribution in [3.05, 3.63) is 71.8 Å². The van der Waals surface area contributed by atoms with Gasteiger partial charge in [-0.15, -0.1) is 0 Å². The van der Waals surface area contributed by atoms with Crippen LogP contribution in [0.3, 0.4) is 0 Å². The Morgan fingerprint density at radius 2 is 1.96 bits per heavy atom. The quantitative estimate of drug-likeness (QED) is 0.638. The van der Waals surface area contributed by atoms with Crippen molar-refractivity contribution in [2.75, 3.05) is 26.2 Å². The lowest BCUT2D eigenvalue weighted by molar-refractivity contribution is -0.127. The van der Waals surface area contributed by atoms with Crippen LogP contribution in [0.25, 0.3) is 17.0 Å². The van der Waals surface area contributed by atoms with E-state index >= 15 is 0 Å². The minimum Gasteiger partial charge on any atom is -0.460 e. The van der Waals surface area contributed by atoms with Crippen molar-refractivity contribution in [2.24, 2.45) is 0 Å². The normalized spacial score (nSPS) is 15.5. The van der Waals surface area contributed by atoms with Crippen LogP contribution in [0.2, 0.25) is 0 Å². The van der Waals surface area contributed by atoms with E-state index in [1.807, 2.05) is 47.5 Å². The van der Waals surface area contributed by atoms with E-state index in [9.17, 15) is 4.79 Å². The van der Waals surface area contributed by atoms with Crippen LogP contribution in [-0.4, -0.2) is 46.9 Å². The molecule has 0 unspecified atom stereocenters. The van der Waals surface area contributed by atoms with Crippen LogP contribution < -0.4 is 0 Å². The van der Waals surface area contributed by atoms with E-state index in [-0.39, 0.29) is 5.91 Å². The summed E-state index contributed by atoms with van der Waals surface area (Å²) >= 11 is 0. The van der Waals surface area contributed by atoms with Gasteiger partial charge in [-0.3, -0.25) is 14.7 Å². The summed E-state index contributed by atoms with van der Waals surface area (Å²) in [5.41, 5.74) is 3.10. The van der Waals surface area contributed by atoms with E-state index in [4.69, 9.17) is 4.42 Å². The number of carbonyl (C=O) groups excluding carboxylic acids is 1. The average molecular weight is 375 g/mol. The molecule has 1 aromatic carbocycles. The molecule has 1 aliphatic heterocycles. The number of hydrogen-bond donors (Lipinski definition) is 0. The van der Waals surface area contributed by atoms with Gasteiger partial charge in [0.25, 0.3) is 0 Å². The van der Waals surface area contributed by atoms with E-state index in [1.54, 1.807) is 12.3 Å². The largest absolute Gasteiger partial charge is 0.460 e. The predicted octanol–water partition coefficient (Wildman–Crippen LogP) is 3.75. The number of pyridine rings is 1. The van der Waals surface area contributed by atoms with Gasteiger partial charge in [-0.1, -0.05) is 31.2 Å². The molecule has 1 fully saturated rings. The number of amides is 1. The summed E-state index contributed by atoms with van der Waals surface area (Å²) in [4.78, 5) is 21.1. The van der Waals surface area contributed by atoms with Crippen molar-refractivity contribution in [1.29, 1.82) is 0 Å². The van der Waals surface area contributed by atoms with Crippen LogP contribution in [0.5, 0.6) is 0 Å². The summed E-state index contributed by atoms with van der Waals surface area (Å²) < 4.78 is 5.91. The molecular weight excluding hydrogens is 350 g/mol. The van der Waals surface area contributed by atoms with Crippen LogP contribution in [-0.2, 0) is 17.8 Å². The highest BCUT2D eigenvalue weighted by Gasteiger charge is 2.20. The number of rotatable bonds is 5. The Kier molecular flexibility index (Phi) is 5.53. The number of nitrogens with zero attached hydrogens (tertiary/aromatic N) is 3. The first-order chi connectivity index (χ1) is 13.7. The third kappa shape index (κ3) is 3.99. The Labute approximate surface area is 165 Å². The van der Waals surface area contributed by atoms with E-state index in [0.29, 0.717) is 0 Å². The first-order valence-corrected chi connectivity index (χ1v) is 9.83. The number of piperazine rings is 1. The molecule has 5 nitrogen and oxygen atoms in total. The SMILES string of the molecule is CCc1oc2ccccc2c1/C=C/C(=O)N1CCN(Cc2cccnc2)CC1. The Hall–Kier alpha value is -2.92. The number of furan rings is 1. The predicted molar refractivity (Wildman–Crippen MR) is 111 cm³/mol. The lowest BCUT2D eigenvalue weighted by Crippen LogP contribution is -2.47. The topological polar surface area (TPSA) is 49.6 Å². The third-order valence-electron chi connectivity index (χ3n) is 5.24. The lowest BCUT2D eigenvalue weighted by atomic mass is 10.1. The molecule has 3 heterocycles. The highest BCUT2D eigenvalue weighted by Crippen LogP contribution is 2.27. The maximum atomic E-state index is 12.7. The highest BCUT2D eigenvalue weighted by atomic mass is 16.3. The minimum absolute atomic E-state index is 0.0633. The second-order valence-electron chi connectivity index (χ2n) is 7.08. The molecule has 144 valence electrons. The van der Waals surface area contributed by atoms with Gasteiger partial charge in [-0.2, -0.15) is 0 Å². The Morgan fingerprint density at radius 1 is 1.14 bits per heavy atom. The van der Waals surface area contributed by atoms with E-state index < -0.39 is 0 Å². The lowest BCUT2D eigenvalue weighted by Gasteiger charge is -2.34. The second kappa shape index (κ2) is 8.40. The minimum atomic E-state index is 0.0633. The van der Waals surface area contributed by atoms with E-state index in [1.165, 1.54) is 5.56 Å². The van der Waals surface area contributed by atoms with Gasteiger partial charge in [-0.25, -0.2) is 0 Å². The molecule has 2 aromatic heterocycles. The molecule has 5 heteroatoms. The van der Waals surface area contributed by atoms with Crippen LogP contribution in [0.1, 0.15) is 23.8 Å². The molecule has 0 radical (unpaired) electrons. The first-order valence-electron chi connectivity index (χ1n) is 9.83. The maximum Gasteiger partial charge on any atom is 0.246 e. The molecule has 0 spiro atoms. The van der Waals surface area contributed by atoms with Gasteiger partial charge in [0.05, 0.1) is 0 Å². The van der Waals surface area contributed by atoms with Crippen LogP contribution >= 0.6 is 0 Å². The monoisotopic (exact) mass is 375 g/mol. The fourth-order valence-electron chi connectivity index (χ4n) is 3.70. The van der Waals surface area contributed by atoms with Gasteiger partial charge in [0.2, 0.25) is 5.91 Å². The molecule has 28 heavy (non-hydrogen) atoms. The average Bonchev–Trinajstić information content (AvgIpc) is 3.11. The number of hydrogen-bond acceptors (Lipinski definition) is 4. The van der Waals surface area contributed by atoms with Gasteiger partial charge in [0.1, 0.15) is 11.3 Å².